The number of piperidine rings is 1. The average Bonchev–Trinajstić information content (AvgIpc) is 2.66. The Kier molecular flexibility index (Phi) is 4.53. The maximum atomic E-state index is 10.8. The van der Waals surface area contributed by atoms with Gasteiger partial charge in [0.15, 0.2) is 0 Å². The third kappa shape index (κ3) is 4.32. The number of fused-ring (bicyclic) bond motifs is 3. The zero-order valence-electron chi connectivity index (χ0n) is 22.3. The van der Waals surface area contributed by atoms with Gasteiger partial charge in [0.2, 0.25) is 0 Å². The minimum absolute atomic E-state index is 0.0597. The van der Waals surface area contributed by atoms with Crippen molar-refractivity contribution in [3.63, 3.8) is 0 Å². The zero-order valence-corrected chi connectivity index (χ0v) is 16.3. The molecule has 1 fully saturated rings. The van der Waals surface area contributed by atoms with Crippen LogP contribution in [0.1, 0.15) is 89.3 Å². The van der Waals surface area contributed by atoms with Crippen molar-refractivity contribution in [1.29, 1.82) is 0 Å². The Bertz CT molecular complexity index is 823. The second-order valence-corrected chi connectivity index (χ2v) is 8.16. The summed E-state index contributed by atoms with van der Waals surface area (Å²) in [5.41, 5.74) is 3.16. The van der Waals surface area contributed by atoms with Crippen molar-refractivity contribution in [1.82, 2.24) is 4.90 Å². The molecule has 1 saturated heterocycles. The first-order valence-corrected chi connectivity index (χ1v) is 9.85. The first-order valence-electron chi connectivity index (χ1n) is 12.9. The van der Waals surface area contributed by atoms with E-state index in [-0.39, 0.29) is 31.1 Å². The molecule has 146 valence electrons. The van der Waals surface area contributed by atoms with Crippen LogP contribution in [0.2, 0.25) is 0 Å². The number of aliphatic hydroxyl groups excluding tert-OH is 2. The Morgan fingerprint density at radius 1 is 1.27 bits per heavy atom. The highest BCUT2D eigenvalue weighted by molar-refractivity contribution is 5.42. The lowest BCUT2D eigenvalue weighted by Crippen LogP contribution is -2.48. The van der Waals surface area contributed by atoms with Gasteiger partial charge in [0, 0.05) is 27.4 Å². The fourth-order valence-electron chi connectivity index (χ4n) is 4.62. The standard InChI is InChI=1S/C23H37NO2/c1-4-5-6-7-17-11-18-8-9-24-14-19(10-16(2)3)23(26)13-22(24)21(18)12-20(17)15-25/h11-12,16,19,22-23,25-26H,4-10,13-15H2,1-3H3/t19-,22-,23-/m1/s1/i4D2,5D2,6D2. The van der Waals surface area contributed by atoms with Crippen LogP contribution >= 0.6 is 0 Å². The first-order chi connectivity index (χ1) is 14.7. The van der Waals surface area contributed by atoms with E-state index in [1.54, 1.807) is 0 Å². The Labute approximate surface area is 167 Å². The number of aliphatic hydroxyl groups is 2. The molecule has 2 N–H and O–H groups in total. The van der Waals surface area contributed by atoms with Gasteiger partial charge in [-0.2, -0.15) is 0 Å². The van der Waals surface area contributed by atoms with Gasteiger partial charge >= 0.3 is 0 Å². The van der Waals surface area contributed by atoms with Crippen LogP contribution in [0, 0.1) is 11.8 Å². The average molecular weight is 366 g/mol. The van der Waals surface area contributed by atoms with Gasteiger partial charge in [0.05, 0.1) is 12.7 Å². The molecule has 0 aromatic heterocycles. The Morgan fingerprint density at radius 3 is 2.77 bits per heavy atom. The van der Waals surface area contributed by atoms with Gasteiger partial charge in [-0.15, -0.1) is 0 Å². The summed E-state index contributed by atoms with van der Waals surface area (Å²) in [6, 6.07) is 3.82. The van der Waals surface area contributed by atoms with Crippen LogP contribution in [0.25, 0.3) is 0 Å². The van der Waals surface area contributed by atoms with Gasteiger partial charge in [-0.25, -0.2) is 0 Å². The molecule has 26 heavy (non-hydrogen) atoms. The molecule has 2 aliphatic rings. The van der Waals surface area contributed by atoms with E-state index >= 15 is 0 Å². The van der Waals surface area contributed by atoms with Crippen LogP contribution in [0.5, 0.6) is 0 Å². The summed E-state index contributed by atoms with van der Waals surface area (Å²) in [6.45, 7) is 6.79. The normalized spacial score (nSPS) is 31.1. The highest BCUT2D eigenvalue weighted by atomic mass is 16.3. The molecule has 0 spiro atoms. The SMILES string of the molecule is [2H]C([2H])(C)C([2H])([2H])C([2H])([2H])Cc1cc2c(cc1CO)[C@H]1C[C@@H](O)[C@H](CC(C)C)CN1CC2. The minimum atomic E-state index is -2.70. The molecule has 0 radical (unpaired) electrons. The summed E-state index contributed by atoms with van der Waals surface area (Å²) in [5, 5.41) is 20.8. The fraction of sp³-hybridized carbons (Fsp3) is 0.739. The van der Waals surface area contributed by atoms with Crippen LogP contribution < -0.4 is 0 Å². The van der Waals surface area contributed by atoms with Crippen molar-refractivity contribution in [3.8, 4) is 0 Å². The maximum Gasteiger partial charge on any atom is 0.0684 e. The molecule has 3 rings (SSSR count). The molecule has 2 heterocycles. The van der Waals surface area contributed by atoms with Crippen molar-refractivity contribution in [2.24, 2.45) is 11.8 Å². The number of hydrogen-bond acceptors (Lipinski definition) is 3. The number of benzene rings is 1. The van der Waals surface area contributed by atoms with E-state index in [0.29, 0.717) is 23.5 Å². The van der Waals surface area contributed by atoms with E-state index in [1.807, 2.05) is 12.1 Å². The maximum absolute atomic E-state index is 10.8. The summed E-state index contributed by atoms with van der Waals surface area (Å²) in [4.78, 5) is 2.41. The molecule has 0 amide bonds. The van der Waals surface area contributed by atoms with Crippen molar-refractivity contribution in [2.45, 2.75) is 84.3 Å². The molecule has 0 unspecified atom stereocenters. The molecule has 1 aromatic rings. The Morgan fingerprint density at radius 2 is 2.08 bits per heavy atom. The zero-order chi connectivity index (χ0) is 24.1. The molecule has 3 atom stereocenters. The smallest absolute Gasteiger partial charge is 0.0684 e. The predicted molar refractivity (Wildman–Crippen MR) is 107 cm³/mol. The lowest BCUT2D eigenvalue weighted by Gasteiger charge is -2.46. The second-order valence-electron chi connectivity index (χ2n) is 8.16. The summed E-state index contributed by atoms with van der Waals surface area (Å²) >= 11 is 0. The van der Waals surface area contributed by atoms with E-state index < -0.39 is 19.1 Å². The molecule has 0 aliphatic carbocycles. The Hall–Kier alpha value is -0.900. The van der Waals surface area contributed by atoms with Gasteiger partial charge in [0.25, 0.3) is 0 Å². The Balaban J connectivity index is 1.90. The molecule has 1 aromatic carbocycles. The third-order valence-corrected chi connectivity index (χ3v) is 5.84. The largest absolute Gasteiger partial charge is 0.393 e. The van der Waals surface area contributed by atoms with Crippen LogP contribution in [0.3, 0.4) is 0 Å². The van der Waals surface area contributed by atoms with E-state index in [1.165, 1.54) is 0 Å². The molecule has 3 heteroatoms. The second kappa shape index (κ2) is 8.86. The monoisotopic (exact) mass is 365 g/mol. The van der Waals surface area contributed by atoms with Crippen molar-refractivity contribution in [2.75, 3.05) is 13.1 Å². The molecule has 0 saturated carbocycles. The van der Waals surface area contributed by atoms with Crippen LogP contribution in [0.4, 0.5) is 0 Å². The van der Waals surface area contributed by atoms with E-state index in [2.05, 4.69) is 18.7 Å². The van der Waals surface area contributed by atoms with Gasteiger partial charge < -0.3 is 10.2 Å². The van der Waals surface area contributed by atoms with Crippen LogP contribution in [-0.2, 0) is 19.4 Å². The van der Waals surface area contributed by atoms with Gasteiger partial charge in [-0.1, -0.05) is 45.6 Å². The van der Waals surface area contributed by atoms with Gasteiger partial charge in [-0.05, 0) is 66.1 Å². The number of nitrogens with zero attached hydrogens (tertiary/aromatic N) is 1. The quantitative estimate of drug-likeness (QED) is 0.760. The molecular formula is C23H37NO2. The van der Waals surface area contributed by atoms with Crippen molar-refractivity contribution in [3.05, 3.63) is 34.4 Å². The molecule has 0 bridgehead atoms. The summed E-state index contributed by atoms with van der Waals surface area (Å²) in [7, 11) is 0. The summed E-state index contributed by atoms with van der Waals surface area (Å²) in [5.74, 6) is 0.778. The van der Waals surface area contributed by atoms with Gasteiger partial charge in [-0.3, -0.25) is 4.90 Å². The van der Waals surface area contributed by atoms with E-state index in [9.17, 15) is 10.2 Å². The van der Waals surface area contributed by atoms with Crippen molar-refractivity contribution >= 4 is 0 Å². The lowest BCUT2D eigenvalue weighted by molar-refractivity contribution is -0.0191. The fourth-order valence-corrected chi connectivity index (χ4v) is 4.62. The predicted octanol–water partition coefficient (Wildman–Crippen LogP) is 4.24. The highest BCUT2D eigenvalue weighted by Gasteiger charge is 2.38. The molecule has 3 nitrogen and oxygen atoms in total. The van der Waals surface area contributed by atoms with Crippen molar-refractivity contribution < 1.29 is 18.4 Å². The molecule has 2 aliphatic heterocycles. The first kappa shape index (κ1) is 13.3. The number of hydrogen-bond donors (Lipinski definition) is 2. The minimum Gasteiger partial charge on any atom is -0.393 e. The third-order valence-electron chi connectivity index (χ3n) is 5.84. The molecular weight excluding hydrogens is 322 g/mol. The number of aryl methyl sites for hydroxylation is 1. The summed E-state index contributed by atoms with van der Waals surface area (Å²) in [6.07, 6.45) is -5.80. The summed E-state index contributed by atoms with van der Waals surface area (Å²) < 4.78 is 48.3. The van der Waals surface area contributed by atoms with Gasteiger partial charge in [0.1, 0.15) is 0 Å². The van der Waals surface area contributed by atoms with Crippen LogP contribution in [-0.4, -0.2) is 34.3 Å². The van der Waals surface area contributed by atoms with E-state index in [4.69, 9.17) is 8.22 Å². The van der Waals surface area contributed by atoms with Crippen LogP contribution in [0.15, 0.2) is 12.1 Å². The topological polar surface area (TPSA) is 43.7 Å². The van der Waals surface area contributed by atoms with E-state index in [0.717, 1.165) is 44.0 Å². The lowest BCUT2D eigenvalue weighted by atomic mass is 9.78. The number of rotatable bonds is 7. The highest BCUT2D eigenvalue weighted by Crippen LogP contribution is 2.41.